The number of amides is 1. The number of aliphatic hydroxyl groups excluding tert-OH is 1. The number of unbranched alkanes of at least 4 members (excludes halogenated alkanes) is 3. The van der Waals surface area contributed by atoms with E-state index in [0.29, 0.717) is 119 Å². The lowest BCUT2D eigenvalue weighted by Crippen LogP contribution is -2.61. The van der Waals surface area contributed by atoms with E-state index in [1.165, 1.54) is 32.3 Å². The van der Waals surface area contributed by atoms with Gasteiger partial charge >= 0.3 is 29.8 Å². The molecule has 4 fully saturated rings. The molecule has 9 rings (SSSR count). The predicted octanol–water partition coefficient (Wildman–Crippen LogP) is 11.0. The van der Waals surface area contributed by atoms with Crippen LogP contribution in [0.15, 0.2) is 69.4 Å². The number of allylic oxidation sites excluding steroid dienone is 7. The molecule has 1 unspecified atom stereocenters. The fraction of sp³-hybridized carbons (Fsp3) is 0.707. The summed E-state index contributed by atoms with van der Waals surface area (Å²) in [6, 6.07) is -1.22. The van der Waals surface area contributed by atoms with Crippen LogP contribution >= 0.6 is 0 Å². The number of piperidine rings is 1. The molecule has 2 N–H and O–H groups in total. The van der Waals surface area contributed by atoms with Crippen LogP contribution < -0.4 is 0 Å². The molecule has 0 radical (unpaired) electrons. The molecule has 1 aromatic rings. The molecule has 2 saturated heterocycles. The average molecular weight is 1480 g/mol. The van der Waals surface area contributed by atoms with Crippen molar-refractivity contribution >= 4 is 58.9 Å². The lowest BCUT2D eigenvalue weighted by atomic mass is 9.54. The molecule has 1 aromatic heterocycles. The number of ether oxygens (including phenoxy) is 10. The van der Waals surface area contributed by atoms with Crippen molar-refractivity contribution in [1.29, 1.82) is 0 Å². The number of methoxy groups -OCH3 is 4. The maximum absolute atomic E-state index is 14.8. The highest BCUT2D eigenvalue weighted by atomic mass is 16.6. The minimum absolute atomic E-state index is 0.00878. The number of carbonyl (C=O) groups is 10. The van der Waals surface area contributed by atoms with Gasteiger partial charge < -0.3 is 66.9 Å². The zero-order chi connectivity index (χ0) is 77.3. The van der Waals surface area contributed by atoms with E-state index in [4.69, 9.17) is 51.8 Å². The smallest absolute Gasteiger partial charge is 0.342 e. The van der Waals surface area contributed by atoms with Gasteiger partial charge in [-0.15, -0.1) is 0 Å². The first-order valence-corrected chi connectivity index (χ1v) is 38.5. The van der Waals surface area contributed by atoms with Gasteiger partial charge in [0.2, 0.25) is 11.6 Å². The van der Waals surface area contributed by atoms with Gasteiger partial charge in [0.25, 0.3) is 11.7 Å². The molecule has 586 valence electrons. The Bertz CT molecular complexity index is 3560. The molecule has 8 aliphatic rings. The molecule has 5 heterocycles. The van der Waals surface area contributed by atoms with Crippen molar-refractivity contribution < 1.29 is 110 Å². The maximum atomic E-state index is 14.8. The second-order valence-electron chi connectivity index (χ2n) is 31.9. The Morgan fingerprint density at radius 2 is 1.47 bits per heavy atom. The molecule has 24 nitrogen and oxygen atoms in total. The van der Waals surface area contributed by atoms with E-state index in [-0.39, 0.29) is 92.4 Å². The van der Waals surface area contributed by atoms with Crippen molar-refractivity contribution in [2.45, 2.75) is 282 Å². The summed E-state index contributed by atoms with van der Waals surface area (Å²) < 4.78 is 65.8. The number of carbonyl (C=O) groups excluding carboxylic acids is 10. The monoisotopic (exact) mass is 1480 g/mol. The summed E-state index contributed by atoms with van der Waals surface area (Å²) in [6.07, 6.45) is 12.5. The van der Waals surface area contributed by atoms with Crippen LogP contribution in [-0.4, -0.2) is 188 Å². The molecule has 4 aliphatic heterocycles. The molecular weight excluding hydrogens is 1370 g/mol. The van der Waals surface area contributed by atoms with Crippen molar-refractivity contribution in [3.8, 4) is 0 Å². The van der Waals surface area contributed by atoms with Gasteiger partial charge in [0, 0.05) is 102 Å². The van der Waals surface area contributed by atoms with Crippen molar-refractivity contribution in [2.75, 3.05) is 41.6 Å². The van der Waals surface area contributed by atoms with Gasteiger partial charge in [-0.3, -0.25) is 38.4 Å². The van der Waals surface area contributed by atoms with Gasteiger partial charge in [-0.25, -0.2) is 9.59 Å². The number of aliphatic hydroxyl groups is 2. The van der Waals surface area contributed by atoms with Crippen molar-refractivity contribution in [2.24, 2.45) is 46.8 Å². The zero-order valence-electron chi connectivity index (χ0n) is 64.6. The highest BCUT2D eigenvalue weighted by molar-refractivity contribution is 6.39. The fourth-order valence-electron chi connectivity index (χ4n) is 18.2. The minimum Gasteiger partial charge on any atom is -0.462 e. The Balaban J connectivity index is 0.812. The van der Waals surface area contributed by atoms with Gasteiger partial charge in [-0.1, -0.05) is 90.8 Å². The van der Waals surface area contributed by atoms with Crippen LogP contribution in [0.5, 0.6) is 0 Å². The summed E-state index contributed by atoms with van der Waals surface area (Å²) in [5.41, 5.74) is 0.800. The number of nitrogens with zero attached hydrogens (tertiary/aromatic N) is 1. The van der Waals surface area contributed by atoms with E-state index < -0.39 is 155 Å². The van der Waals surface area contributed by atoms with Crippen molar-refractivity contribution in [1.82, 2.24) is 4.90 Å². The van der Waals surface area contributed by atoms with Crippen LogP contribution in [0, 0.1) is 46.8 Å². The Morgan fingerprint density at radius 3 is 2.15 bits per heavy atom. The van der Waals surface area contributed by atoms with E-state index in [1.54, 1.807) is 48.0 Å². The minimum atomic E-state index is -2.49. The Hall–Kier alpha value is -6.80. The molecule has 106 heavy (non-hydrogen) atoms. The van der Waals surface area contributed by atoms with E-state index in [2.05, 4.69) is 0 Å². The Kier molecular flexibility index (Phi) is 28.4. The zero-order valence-corrected chi connectivity index (χ0v) is 64.6. The van der Waals surface area contributed by atoms with Gasteiger partial charge in [-0.2, -0.15) is 0 Å². The van der Waals surface area contributed by atoms with Gasteiger partial charge in [0.15, 0.2) is 11.5 Å². The van der Waals surface area contributed by atoms with E-state index in [0.717, 1.165) is 5.57 Å². The summed E-state index contributed by atoms with van der Waals surface area (Å²) in [6.45, 7) is 17.7. The third-order valence-electron chi connectivity index (χ3n) is 24.4. The molecule has 1 amide bonds. The molecule has 21 atom stereocenters. The third-order valence-corrected chi connectivity index (χ3v) is 24.4. The van der Waals surface area contributed by atoms with Gasteiger partial charge in [0.05, 0.1) is 30.3 Å². The second kappa shape index (κ2) is 36.2. The van der Waals surface area contributed by atoms with Crippen molar-refractivity contribution in [3.05, 3.63) is 81.9 Å². The number of Topliss-reactive ketones (excluding diaryl/α,β-unsaturated/α-hetero) is 4. The van der Waals surface area contributed by atoms with Crippen LogP contribution in [0.25, 0.3) is 0 Å². The number of esters is 5. The van der Waals surface area contributed by atoms with Crippen LogP contribution in [0.1, 0.15) is 231 Å². The van der Waals surface area contributed by atoms with E-state index in [1.807, 2.05) is 65.0 Å². The largest absolute Gasteiger partial charge is 0.462 e. The van der Waals surface area contributed by atoms with Gasteiger partial charge in [0.1, 0.15) is 66.4 Å². The summed E-state index contributed by atoms with van der Waals surface area (Å²) in [5.74, 6) is -11.5. The lowest BCUT2D eigenvalue weighted by molar-refractivity contribution is -0.265. The standard InChI is InChI=1S/C82H115NO23/c1-45-24-18-17-19-25-46(2)60(97-12)40-54-31-29-51(7)82(95,106-54)76(91)77(92)83-35-23-22-26-57(83)79(94)103-61(41-58(85)47(3)37-50(6)72(89)75(99-14)71(88)49(5)36-45)48(4)38-53-30-33-59(62(39-53)98-13)102-66(86)27-20-15-16-21-28-67(87)104-64-34-32-56-68-70(63(101-52(8)84)42-80(56,64)9)81(10)65(44-96-11)105-78(93)55-43-100-74(69(55)81)73(68)90/h17-19,24-25,37,43,45,47-49,51,53-54,56-57,59-65,72,75,89,95H,15-16,20-23,26-36,38-42,44H2,1-14H3/b19-17+,24-18+,46-25+,50-37+/t45-,47-,48-,49-,51-,53+,54+,56?,57+,59-,60+,61+,62-,63-,64+,65-,72-,75+,80+,81+,82-/m1/s1. The van der Waals surface area contributed by atoms with Crippen LogP contribution in [0.4, 0.5) is 0 Å². The molecule has 0 aromatic carbocycles. The van der Waals surface area contributed by atoms with Gasteiger partial charge in [-0.05, 0) is 157 Å². The summed E-state index contributed by atoms with van der Waals surface area (Å²) in [5, 5.41) is 23.8. The third kappa shape index (κ3) is 18.2. The van der Waals surface area contributed by atoms with Crippen molar-refractivity contribution in [3.63, 3.8) is 0 Å². The first-order chi connectivity index (χ1) is 50.3. The molecule has 2 bridgehead atoms. The molecule has 2 saturated carbocycles. The number of hydrogen-bond donors (Lipinski definition) is 2. The number of rotatable bonds is 18. The quantitative estimate of drug-likeness (QED) is 0.0453. The lowest BCUT2D eigenvalue weighted by Gasteiger charge is -2.52. The number of ketones is 4. The molecule has 24 heteroatoms. The average Bonchev–Trinajstić information content (AvgIpc) is 1.39. The molecule has 4 aliphatic carbocycles. The van der Waals surface area contributed by atoms with Crippen LogP contribution in [-0.2, 0) is 91.1 Å². The fourth-order valence-corrected chi connectivity index (χ4v) is 18.2. The first-order valence-electron chi connectivity index (χ1n) is 38.5. The highest BCUT2D eigenvalue weighted by Gasteiger charge is 2.65. The number of fused-ring (bicyclic) bond motifs is 6. The highest BCUT2D eigenvalue weighted by Crippen LogP contribution is 2.63. The maximum Gasteiger partial charge on any atom is 0.342 e. The molecular formula is C82H115NO23. The SMILES string of the molecule is COC[C@H]1OC(=O)c2coc3c2[C@@]1(C)C1=C(C3=O)C2CC[C@H](OC(=O)CCCCCCC(=O)O[C@@H]3CC[C@@H](C[C@@H](C)[C@@H]4CC(=O)[C@H](C)/C=C(\C)[C@@H](O)[C@@H](OC)C(=O)[C@H](C)C[C@H](C)/C=C/C=C/C=C(\C)[C@@H](OC)C[C@@H]5CC[C@@H](C)[C@@](O)(O5)C(=O)C(=O)N5CCCC[C@H]5C(=O)O4)C[C@H]3OC)[C@@]2(C)C[C@H]1OC(C)=O. The summed E-state index contributed by atoms with van der Waals surface area (Å²) >= 11 is 0. The summed E-state index contributed by atoms with van der Waals surface area (Å²) in [7, 11) is 5.97. The number of furan rings is 1. The Morgan fingerprint density at radius 1 is 0.755 bits per heavy atom. The van der Waals surface area contributed by atoms with E-state index in [9.17, 15) is 58.2 Å². The normalized spacial score (nSPS) is 37.2. The Labute approximate surface area is 623 Å². The van der Waals surface area contributed by atoms with E-state index >= 15 is 0 Å². The second-order valence-corrected chi connectivity index (χ2v) is 31.9. The predicted molar refractivity (Wildman–Crippen MR) is 386 cm³/mol. The number of cyclic esters (lactones) is 2. The van der Waals surface area contributed by atoms with Crippen LogP contribution in [0.2, 0.25) is 0 Å². The topological polar surface area (TPSA) is 320 Å². The number of hydrogen-bond acceptors (Lipinski definition) is 23. The summed E-state index contributed by atoms with van der Waals surface area (Å²) in [4.78, 5) is 141. The van der Waals surface area contributed by atoms with Crippen LogP contribution in [0.3, 0.4) is 0 Å². The molecule has 0 spiro atoms. The first kappa shape index (κ1) is 83.2.